The lowest BCUT2D eigenvalue weighted by atomic mass is 10.0. The van der Waals surface area contributed by atoms with Crippen molar-refractivity contribution in [3.63, 3.8) is 0 Å². The molecular weight excluding hydrogens is 259 g/mol. The van der Waals surface area contributed by atoms with Crippen molar-refractivity contribution < 1.29 is 14.0 Å². The summed E-state index contributed by atoms with van der Waals surface area (Å²) >= 11 is 0. The van der Waals surface area contributed by atoms with Crippen molar-refractivity contribution in [2.24, 2.45) is 11.8 Å². The zero-order valence-corrected chi connectivity index (χ0v) is 11.8. The molecule has 1 aliphatic carbocycles. The number of carbonyl (C=O) groups is 1. The van der Waals surface area contributed by atoms with Gasteiger partial charge in [-0.15, -0.1) is 0 Å². The Hall–Kier alpha value is -1.49. The van der Waals surface area contributed by atoms with Gasteiger partial charge in [-0.05, 0) is 37.3 Å². The number of pyridine rings is 1. The average Bonchev–Trinajstić information content (AvgIpc) is 3.17. The maximum absolute atomic E-state index is 13.7. The minimum atomic E-state index is -0.336. The average molecular weight is 278 g/mol. The second kappa shape index (κ2) is 5.13. The van der Waals surface area contributed by atoms with Crippen LogP contribution in [-0.4, -0.2) is 22.6 Å². The maximum atomic E-state index is 13.7. The number of halogens is 1. The number of hydroxylamine groups is 2. The van der Waals surface area contributed by atoms with Gasteiger partial charge in [-0.3, -0.25) is 14.6 Å². The summed E-state index contributed by atoms with van der Waals surface area (Å²) in [6.07, 6.45) is 4.56. The molecule has 0 N–H and O–H groups in total. The lowest BCUT2D eigenvalue weighted by molar-refractivity contribution is -0.182. The SMILES string of the molecule is Cc1ncc([C@@H]2CCON2C(=O)[C@H](C)C2CC2)cc1F. The van der Waals surface area contributed by atoms with Crippen LogP contribution in [0.3, 0.4) is 0 Å². The minimum absolute atomic E-state index is 0.0102. The molecule has 1 aromatic heterocycles. The molecule has 0 spiro atoms. The highest BCUT2D eigenvalue weighted by molar-refractivity contribution is 5.78. The maximum Gasteiger partial charge on any atom is 0.249 e. The first kappa shape index (κ1) is 13.5. The Balaban J connectivity index is 1.80. The quantitative estimate of drug-likeness (QED) is 0.853. The van der Waals surface area contributed by atoms with Gasteiger partial charge in [0.1, 0.15) is 5.82 Å². The Morgan fingerprint density at radius 1 is 1.50 bits per heavy atom. The molecule has 1 saturated carbocycles. The molecule has 1 saturated heterocycles. The smallest absolute Gasteiger partial charge is 0.249 e. The molecule has 20 heavy (non-hydrogen) atoms. The fourth-order valence-corrected chi connectivity index (χ4v) is 2.69. The number of nitrogens with zero attached hydrogens (tertiary/aromatic N) is 2. The van der Waals surface area contributed by atoms with E-state index in [2.05, 4.69) is 4.98 Å². The summed E-state index contributed by atoms with van der Waals surface area (Å²) in [4.78, 5) is 22.0. The summed E-state index contributed by atoms with van der Waals surface area (Å²) in [6, 6.07) is 1.25. The molecule has 2 fully saturated rings. The van der Waals surface area contributed by atoms with Gasteiger partial charge >= 0.3 is 0 Å². The predicted octanol–water partition coefficient (Wildman–Crippen LogP) is 2.78. The van der Waals surface area contributed by atoms with Gasteiger partial charge in [0.2, 0.25) is 5.91 Å². The Kier molecular flexibility index (Phi) is 3.46. The van der Waals surface area contributed by atoms with Crippen LogP contribution in [0.2, 0.25) is 0 Å². The summed E-state index contributed by atoms with van der Waals surface area (Å²) in [6.45, 7) is 4.07. The third kappa shape index (κ3) is 2.42. The molecular formula is C15H19FN2O2. The molecule has 4 nitrogen and oxygen atoms in total. The zero-order valence-electron chi connectivity index (χ0n) is 11.8. The van der Waals surface area contributed by atoms with Crippen LogP contribution in [0.4, 0.5) is 4.39 Å². The van der Waals surface area contributed by atoms with Crippen LogP contribution in [0.25, 0.3) is 0 Å². The lowest BCUT2D eigenvalue weighted by Gasteiger charge is -2.25. The highest BCUT2D eigenvalue weighted by Gasteiger charge is 2.40. The Bertz CT molecular complexity index is 531. The molecule has 2 aliphatic rings. The normalized spacial score (nSPS) is 23.9. The topological polar surface area (TPSA) is 42.4 Å². The highest BCUT2D eigenvalue weighted by atomic mass is 19.1. The number of carbonyl (C=O) groups excluding carboxylic acids is 1. The molecule has 1 aromatic rings. The van der Waals surface area contributed by atoms with E-state index >= 15 is 0 Å². The molecule has 1 aliphatic heterocycles. The van der Waals surface area contributed by atoms with Crippen LogP contribution in [0.15, 0.2) is 12.3 Å². The van der Waals surface area contributed by atoms with Gasteiger partial charge in [0.15, 0.2) is 0 Å². The Labute approximate surface area is 117 Å². The second-order valence-corrected chi connectivity index (χ2v) is 5.76. The number of amides is 1. The Morgan fingerprint density at radius 2 is 2.25 bits per heavy atom. The first-order chi connectivity index (χ1) is 9.58. The first-order valence-electron chi connectivity index (χ1n) is 7.16. The van der Waals surface area contributed by atoms with Crippen molar-refractivity contribution in [2.45, 2.75) is 39.2 Å². The second-order valence-electron chi connectivity index (χ2n) is 5.76. The van der Waals surface area contributed by atoms with E-state index in [9.17, 15) is 9.18 Å². The minimum Gasteiger partial charge on any atom is -0.272 e. The molecule has 5 heteroatoms. The van der Waals surface area contributed by atoms with Gasteiger partial charge in [-0.25, -0.2) is 9.45 Å². The largest absolute Gasteiger partial charge is 0.272 e. The molecule has 3 rings (SSSR count). The van der Waals surface area contributed by atoms with Crippen molar-refractivity contribution in [1.82, 2.24) is 10.0 Å². The van der Waals surface area contributed by atoms with E-state index < -0.39 is 0 Å². The number of aryl methyl sites for hydroxylation is 1. The van der Waals surface area contributed by atoms with Crippen molar-refractivity contribution >= 4 is 5.91 Å². The Morgan fingerprint density at radius 3 is 2.90 bits per heavy atom. The van der Waals surface area contributed by atoms with Crippen molar-refractivity contribution in [1.29, 1.82) is 0 Å². The number of aromatic nitrogens is 1. The van der Waals surface area contributed by atoms with Gasteiger partial charge in [0.05, 0.1) is 18.3 Å². The number of hydrogen-bond donors (Lipinski definition) is 0. The predicted molar refractivity (Wildman–Crippen MR) is 71.0 cm³/mol. The fourth-order valence-electron chi connectivity index (χ4n) is 2.69. The van der Waals surface area contributed by atoms with Crippen LogP contribution < -0.4 is 0 Å². The highest BCUT2D eigenvalue weighted by Crippen LogP contribution is 2.40. The molecule has 0 bridgehead atoms. The van der Waals surface area contributed by atoms with Gasteiger partial charge in [-0.2, -0.15) is 0 Å². The van der Waals surface area contributed by atoms with E-state index in [1.807, 2.05) is 6.92 Å². The van der Waals surface area contributed by atoms with Gasteiger partial charge < -0.3 is 0 Å². The summed E-state index contributed by atoms with van der Waals surface area (Å²) in [7, 11) is 0. The van der Waals surface area contributed by atoms with Crippen LogP contribution in [0.1, 0.15) is 43.5 Å². The molecule has 0 unspecified atom stereocenters. The first-order valence-corrected chi connectivity index (χ1v) is 7.16. The molecule has 2 heterocycles. The van der Waals surface area contributed by atoms with Crippen LogP contribution in [0, 0.1) is 24.6 Å². The fraction of sp³-hybridized carbons (Fsp3) is 0.600. The van der Waals surface area contributed by atoms with E-state index in [0.717, 1.165) is 12.8 Å². The molecule has 0 aromatic carbocycles. The van der Waals surface area contributed by atoms with Crippen molar-refractivity contribution in [3.8, 4) is 0 Å². The van der Waals surface area contributed by atoms with E-state index in [1.54, 1.807) is 13.1 Å². The van der Waals surface area contributed by atoms with Crippen LogP contribution in [-0.2, 0) is 9.63 Å². The lowest BCUT2D eigenvalue weighted by Crippen LogP contribution is -2.34. The molecule has 2 atom stereocenters. The third-order valence-corrected chi connectivity index (χ3v) is 4.27. The summed E-state index contributed by atoms with van der Waals surface area (Å²) < 4.78 is 13.7. The summed E-state index contributed by atoms with van der Waals surface area (Å²) in [5.41, 5.74) is 1.08. The van der Waals surface area contributed by atoms with E-state index in [4.69, 9.17) is 4.84 Å². The monoisotopic (exact) mass is 278 g/mol. The van der Waals surface area contributed by atoms with Gasteiger partial charge in [-0.1, -0.05) is 6.92 Å². The molecule has 0 radical (unpaired) electrons. The standard InChI is InChI=1S/C15H19FN2O2/c1-9(11-3-4-11)15(19)18-14(5-6-20-18)12-7-13(16)10(2)17-8-12/h7-9,11,14H,3-6H2,1-2H3/t9-,14+/m1/s1. The number of hydrogen-bond acceptors (Lipinski definition) is 3. The van der Waals surface area contributed by atoms with E-state index in [-0.39, 0.29) is 23.7 Å². The third-order valence-electron chi connectivity index (χ3n) is 4.27. The van der Waals surface area contributed by atoms with Gasteiger partial charge in [0.25, 0.3) is 0 Å². The van der Waals surface area contributed by atoms with Crippen LogP contribution in [0.5, 0.6) is 0 Å². The van der Waals surface area contributed by atoms with Crippen molar-refractivity contribution in [3.05, 3.63) is 29.3 Å². The molecule has 108 valence electrons. The van der Waals surface area contributed by atoms with E-state index in [0.29, 0.717) is 30.2 Å². The summed E-state index contributed by atoms with van der Waals surface area (Å²) in [5.74, 6) is 0.145. The summed E-state index contributed by atoms with van der Waals surface area (Å²) in [5, 5.41) is 1.44. The van der Waals surface area contributed by atoms with Crippen molar-refractivity contribution in [2.75, 3.05) is 6.61 Å². The van der Waals surface area contributed by atoms with Gasteiger partial charge in [0, 0.05) is 18.5 Å². The zero-order chi connectivity index (χ0) is 14.3. The van der Waals surface area contributed by atoms with E-state index in [1.165, 1.54) is 11.1 Å². The number of rotatable bonds is 3. The van der Waals surface area contributed by atoms with Crippen LogP contribution >= 0.6 is 0 Å². The molecule has 1 amide bonds.